The lowest BCUT2D eigenvalue weighted by atomic mass is 10.2. The zero-order chi connectivity index (χ0) is 15.2. The van der Waals surface area contributed by atoms with Crippen molar-refractivity contribution in [2.45, 2.75) is 6.92 Å². The Morgan fingerprint density at radius 1 is 1.10 bits per heavy atom. The highest BCUT2D eigenvalue weighted by Crippen LogP contribution is 2.23. The maximum absolute atomic E-state index is 12.0. The van der Waals surface area contributed by atoms with E-state index in [4.69, 9.17) is 9.47 Å². The van der Waals surface area contributed by atoms with Crippen LogP contribution in [0.1, 0.15) is 5.56 Å². The molecule has 0 aliphatic heterocycles. The molecule has 0 bridgehead atoms. The predicted octanol–water partition coefficient (Wildman–Crippen LogP) is 2.45. The first-order chi connectivity index (χ1) is 10.1. The van der Waals surface area contributed by atoms with Gasteiger partial charge < -0.3 is 20.1 Å². The van der Waals surface area contributed by atoms with Gasteiger partial charge in [0.25, 0.3) is 0 Å². The molecule has 2 aromatic rings. The number of nitrogens with one attached hydrogen (secondary N) is 2. The average Bonchev–Trinajstić information content (AvgIpc) is 2.50. The molecule has 2 amide bonds. The normalized spacial score (nSPS) is 9.86. The number of amides is 2. The molecule has 1 heterocycles. The van der Waals surface area contributed by atoms with Crippen molar-refractivity contribution < 1.29 is 14.3 Å². The fraction of sp³-hybridized carbons (Fsp3) is 0.214. The quantitative estimate of drug-likeness (QED) is 0.902. The van der Waals surface area contributed by atoms with E-state index in [1.54, 1.807) is 0 Å². The largest absolute Gasteiger partial charge is 0.479 e. The molecule has 21 heavy (non-hydrogen) atoms. The van der Waals surface area contributed by atoms with Gasteiger partial charge in [-0.3, -0.25) is 0 Å². The third kappa shape index (κ3) is 3.59. The minimum atomic E-state index is -0.406. The van der Waals surface area contributed by atoms with Crippen LogP contribution in [-0.4, -0.2) is 30.2 Å². The second-order valence-electron chi connectivity index (χ2n) is 4.17. The molecule has 1 aromatic carbocycles. The van der Waals surface area contributed by atoms with E-state index in [1.165, 1.54) is 20.4 Å². The second-order valence-corrected chi connectivity index (χ2v) is 4.17. The smallest absolute Gasteiger partial charge is 0.323 e. The molecule has 0 aliphatic carbocycles. The third-order valence-corrected chi connectivity index (χ3v) is 2.75. The molecule has 7 heteroatoms. The summed E-state index contributed by atoms with van der Waals surface area (Å²) >= 11 is 0. The predicted molar refractivity (Wildman–Crippen MR) is 79.0 cm³/mol. The van der Waals surface area contributed by atoms with Crippen LogP contribution in [0, 0.1) is 6.92 Å². The van der Waals surface area contributed by atoms with Crippen LogP contribution in [0.2, 0.25) is 0 Å². The topological polar surface area (TPSA) is 85.4 Å². The highest BCUT2D eigenvalue weighted by atomic mass is 16.5. The van der Waals surface area contributed by atoms with Gasteiger partial charge in [0.2, 0.25) is 5.88 Å². The number of ether oxygens (including phenoxy) is 2. The maximum Gasteiger partial charge on any atom is 0.323 e. The summed E-state index contributed by atoms with van der Waals surface area (Å²) in [4.78, 5) is 19.9. The first kappa shape index (κ1) is 14.6. The Bertz CT molecular complexity index is 646. The number of para-hydroxylation sites is 1. The number of hydrogen-bond donors (Lipinski definition) is 2. The monoisotopic (exact) mass is 288 g/mol. The molecule has 0 aliphatic rings. The van der Waals surface area contributed by atoms with Crippen molar-refractivity contribution in [3.05, 3.63) is 36.0 Å². The highest BCUT2D eigenvalue weighted by molar-refractivity contribution is 6.00. The van der Waals surface area contributed by atoms with Crippen LogP contribution in [0.4, 0.5) is 16.2 Å². The minimum Gasteiger partial charge on any atom is -0.479 e. The summed E-state index contributed by atoms with van der Waals surface area (Å²) in [5.41, 5.74) is 2.04. The van der Waals surface area contributed by atoms with Crippen LogP contribution in [0.25, 0.3) is 0 Å². The van der Waals surface area contributed by atoms with Gasteiger partial charge in [0.15, 0.2) is 0 Å². The van der Waals surface area contributed by atoms with Crippen LogP contribution < -0.4 is 20.1 Å². The zero-order valence-corrected chi connectivity index (χ0v) is 12.0. The lowest BCUT2D eigenvalue weighted by molar-refractivity contribution is 0.262. The zero-order valence-electron chi connectivity index (χ0n) is 12.0. The van der Waals surface area contributed by atoms with Gasteiger partial charge in [0.05, 0.1) is 20.4 Å². The first-order valence-corrected chi connectivity index (χ1v) is 6.22. The van der Waals surface area contributed by atoms with Crippen LogP contribution in [-0.2, 0) is 0 Å². The van der Waals surface area contributed by atoms with Gasteiger partial charge >= 0.3 is 12.0 Å². The fourth-order valence-corrected chi connectivity index (χ4v) is 1.68. The van der Waals surface area contributed by atoms with Crippen LogP contribution in [0.15, 0.2) is 30.5 Å². The van der Waals surface area contributed by atoms with Gasteiger partial charge in [-0.2, -0.15) is 4.98 Å². The van der Waals surface area contributed by atoms with E-state index < -0.39 is 6.03 Å². The number of anilines is 2. The van der Waals surface area contributed by atoms with Gasteiger partial charge in [-0.05, 0) is 18.6 Å². The Kier molecular flexibility index (Phi) is 4.55. The van der Waals surface area contributed by atoms with E-state index in [0.717, 1.165) is 11.3 Å². The number of benzene rings is 1. The Morgan fingerprint density at radius 3 is 2.48 bits per heavy atom. The molecule has 0 saturated carbocycles. The summed E-state index contributed by atoms with van der Waals surface area (Å²) < 4.78 is 9.99. The van der Waals surface area contributed by atoms with Crippen molar-refractivity contribution in [2.24, 2.45) is 0 Å². The number of methoxy groups -OCH3 is 2. The van der Waals surface area contributed by atoms with Crippen molar-refractivity contribution in [2.75, 3.05) is 24.9 Å². The van der Waals surface area contributed by atoms with Crippen molar-refractivity contribution in [1.82, 2.24) is 9.97 Å². The van der Waals surface area contributed by atoms with E-state index in [9.17, 15) is 4.79 Å². The molecule has 1 aromatic heterocycles. The van der Waals surface area contributed by atoms with E-state index in [1.807, 2.05) is 31.2 Å². The third-order valence-electron chi connectivity index (χ3n) is 2.75. The number of aromatic nitrogens is 2. The van der Waals surface area contributed by atoms with Crippen molar-refractivity contribution >= 4 is 17.4 Å². The van der Waals surface area contributed by atoms with Crippen LogP contribution in [0.3, 0.4) is 0 Å². The number of rotatable bonds is 4. The lowest BCUT2D eigenvalue weighted by Crippen LogP contribution is -2.20. The van der Waals surface area contributed by atoms with Gasteiger partial charge in [-0.1, -0.05) is 18.2 Å². The molecule has 0 atom stereocenters. The Hall–Kier alpha value is -2.83. The van der Waals surface area contributed by atoms with Crippen LogP contribution >= 0.6 is 0 Å². The molecule has 0 fully saturated rings. The van der Waals surface area contributed by atoms with Crippen molar-refractivity contribution in [1.29, 1.82) is 0 Å². The molecule has 0 unspecified atom stereocenters. The highest BCUT2D eigenvalue weighted by Gasteiger charge is 2.11. The maximum atomic E-state index is 12.0. The number of hydrogen-bond acceptors (Lipinski definition) is 5. The summed E-state index contributed by atoms with van der Waals surface area (Å²) in [5, 5.41) is 5.38. The summed E-state index contributed by atoms with van der Waals surface area (Å²) in [6.07, 6.45) is 1.42. The van der Waals surface area contributed by atoms with Crippen molar-refractivity contribution in [3.8, 4) is 11.9 Å². The molecular formula is C14H16N4O3. The number of nitrogens with zero attached hydrogens (tertiary/aromatic N) is 2. The summed E-state index contributed by atoms with van der Waals surface area (Å²) in [5.74, 6) is 0.224. The van der Waals surface area contributed by atoms with Gasteiger partial charge in [0, 0.05) is 5.69 Å². The van der Waals surface area contributed by atoms with E-state index in [0.29, 0.717) is 5.69 Å². The molecule has 0 radical (unpaired) electrons. The Balaban J connectivity index is 2.11. The van der Waals surface area contributed by atoms with Crippen LogP contribution in [0.5, 0.6) is 11.9 Å². The number of urea groups is 1. The molecular weight excluding hydrogens is 272 g/mol. The molecule has 0 spiro atoms. The van der Waals surface area contributed by atoms with E-state index in [-0.39, 0.29) is 11.9 Å². The molecule has 110 valence electrons. The Morgan fingerprint density at radius 2 is 1.81 bits per heavy atom. The minimum absolute atomic E-state index is 0.164. The summed E-state index contributed by atoms with van der Waals surface area (Å²) in [6, 6.07) is 7.23. The second kappa shape index (κ2) is 6.56. The van der Waals surface area contributed by atoms with Gasteiger partial charge in [-0.15, -0.1) is 0 Å². The molecule has 2 rings (SSSR count). The molecule has 7 nitrogen and oxygen atoms in total. The molecule has 0 saturated heterocycles. The van der Waals surface area contributed by atoms with Gasteiger partial charge in [-0.25, -0.2) is 9.78 Å². The van der Waals surface area contributed by atoms with Crippen molar-refractivity contribution in [3.63, 3.8) is 0 Å². The SMILES string of the molecule is COc1ncc(NC(=O)Nc2ccccc2C)c(OC)n1. The van der Waals surface area contributed by atoms with E-state index >= 15 is 0 Å². The first-order valence-electron chi connectivity index (χ1n) is 6.22. The average molecular weight is 288 g/mol. The number of carbonyl (C=O) groups excluding carboxylic acids is 1. The fourth-order valence-electron chi connectivity index (χ4n) is 1.68. The summed E-state index contributed by atoms with van der Waals surface area (Å²) in [7, 11) is 2.90. The number of carbonyl (C=O) groups is 1. The standard InChI is InChI=1S/C14H16N4O3/c1-9-6-4-5-7-10(9)16-13(19)17-11-8-15-14(21-3)18-12(11)20-2/h4-8H,1-3H3,(H2,16,17,19). The number of aryl methyl sites for hydroxylation is 1. The van der Waals surface area contributed by atoms with Gasteiger partial charge in [0.1, 0.15) is 5.69 Å². The van der Waals surface area contributed by atoms with E-state index in [2.05, 4.69) is 20.6 Å². The summed E-state index contributed by atoms with van der Waals surface area (Å²) in [6.45, 7) is 1.91. The Labute approximate surface area is 122 Å². The lowest BCUT2D eigenvalue weighted by Gasteiger charge is -2.11. The molecule has 2 N–H and O–H groups in total.